The smallest absolute Gasteiger partial charge is 0.157 e. The lowest BCUT2D eigenvalue weighted by Gasteiger charge is -2.39. The first-order valence-corrected chi connectivity index (χ1v) is 7.44. The van der Waals surface area contributed by atoms with Gasteiger partial charge in [0.1, 0.15) is 6.17 Å². The van der Waals surface area contributed by atoms with Crippen molar-refractivity contribution in [2.45, 2.75) is 60.9 Å². The fraction of sp³-hybridized carbons (Fsp3) is 1.00. The summed E-state index contributed by atoms with van der Waals surface area (Å²) in [6.45, 7) is 0. The second kappa shape index (κ2) is 5.46. The molecule has 0 amide bonds. The normalized spacial score (nSPS) is 50.2. The van der Waals surface area contributed by atoms with Gasteiger partial charge < -0.3 is 5.11 Å². The first-order valence-electron chi connectivity index (χ1n) is 6.20. The van der Waals surface area contributed by atoms with Crippen molar-refractivity contribution in [2.24, 2.45) is 11.8 Å². The molecule has 0 aromatic carbocycles. The Balaban J connectivity index is 1.94. The van der Waals surface area contributed by atoms with E-state index in [1.54, 1.807) is 0 Å². The summed E-state index contributed by atoms with van der Waals surface area (Å²) in [6.07, 6.45) is 1.23. The highest BCUT2D eigenvalue weighted by atomic mass is 127. The van der Waals surface area contributed by atoms with Crippen molar-refractivity contribution < 1.29 is 13.9 Å². The van der Waals surface area contributed by atoms with Crippen LogP contribution in [0.25, 0.3) is 0 Å². The van der Waals surface area contributed by atoms with Crippen LogP contribution in [0.3, 0.4) is 0 Å². The van der Waals surface area contributed by atoms with Gasteiger partial charge in [-0.2, -0.15) is 0 Å². The number of rotatable bonds is 1. The van der Waals surface area contributed by atoms with Crippen LogP contribution < -0.4 is 0 Å². The molecule has 1 nitrogen and oxygen atoms in total. The van der Waals surface area contributed by atoms with Gasteiger partial charge in [-0.3, -0.25) is 0 Å². The first-order chi connectivity index (χ1) is 7.59. The third-order valence-corrected chi connectivity index (χ3v) is 5.43. The Hall–Kier alpha value is 0.550. The van der Waals surface area contributed by atoms with Gasteiger partial charge in [-0.15, -0.1) is 0 Å². The average Bonchev–Trinajstić information content (AvgIpc) is 2.28. The Kier molecular flexibility index (Phi) is 4.44. The van der Waals surface area contributed by atoms with Crippen LogP contribution in [0.2, 0.25) is 0 Å². The lowest BCUT2D eigenvalue weighted by molar-refractivity contribution is -0.0527. The van der Waals surface area contributed by atoms with Crippen LogP contribution in [0.1, 0.15) is 38.5 Å². The van der Waals surface area contributed by atoms with Crippen LogP contribution in [0, 0.1) is 11.8 Å². The van der Waals surface area contributed by atoms with Crippen molar-refractivity contribution >= 4 is 22.6 Å². The maximum absolute atomic E-state index is 13.8. The Labute approximate surface area is 109 Å². The number of alkyl halides is 3. The van der Waals surface area contributed by atoms with Crippen molar-refractivity contribution in [3.63, 3.8) is 0 Å². The van der Waals surface area contributed by atoms with Crippen LogP contribution in [0.15, 0.2) is 0 Å². The van der Waals surface area contributed by atoms with Gasteiger partial charge in [0, 0.05) is 3.92 Å². The number of aliphatic hydroxyl groups excluding tert-OH is 1. The number of hydrogen-bond acceptors (Lipinski definition) is 1. The fourth-order valence-corrected chi connectivity index (χ4v) is 3.85. The lowest BCUT2D eigenvalue weighted by atomic mass is 9.71. The quantitative estimate of drug-likeness (QED) is 0.571. The van der Waals surface area contributed by atoms with Gasteiger partial charge in [0.2, 0.25) is 0 Å². The average molecular weight is 344 g/mol. The van der Waals surface area contributed by atoms with Crippen molar-refractivity contribution in [2.75, 3.05) is 0 Å². The number of aliphatic hydroxyl groups is 1. The molecule has 2 saturated carbocycles. The van der Waals surface area contributed by atoms with Crippen LogP contribution >= 0.6 is 22.6 Å². The molecule has 2 rings (SSSR count). The maximum atomic E-state index is 13.8. The van der Waals surface area contributed by atoms with Gasteiger partial charge in [0.25, 0.3) is 0 Å². The number of halogens is 3. The van der Waals surface area contributed by atoms with E-state index in [9.17, 15) is 13.9 Å². The van der Waals surface area contributed by atoms with Gasteiger partial charge in [-0.25, -0.2) is 8.78 Å². The van der Waals surface area contributed by atoms with Gasteiger partial charge in [-0.05, 0) is 50.4 Å². The van der Waals surface area contributed by atoms with Crippen molar-refractivity contribution in [1.29, 1.82) is 0 Å². The second-order valence-corrected chi connectivity index (χ2v) is 6.97. The molecule has 2 aliphatic carbocycles. The maximum Gasteiger partial charge on any atom is 0.157 e. The molecule has 0 saturated heterocycles. The van der Waals surface area contributed by atoms with E-state index in [4.69, 9.17) is 0 Å². The summed E-state index contributed by atoms with van der Waals surface area (Å²) < 4.78 is 28.0. The minimum Gasteiger partial charge on any atom is -0.390 e. The Bertz CT molecular complexity index is 231. The first kappa shape index (κ1) is 13.0. The van der Waals surface area contributed by atoms with E-state index in [0.29, 0.717) is 22.7 Å². The highest BCUT2D eigenvalue weighted by Crippen LogP contribution is 2.42. The Morgan fingerprint density at radius 1 is 0.875 bits per heavy atom. The van der Waals surface area contributed by atoms with E-state index < -0.39 is 18.4 Å². The zero-order chi connectivity index (χ0) is 11.7. The molecule has 94 valence electrons. The molecule has 0 aromatic heterocycles. The van der Waals surface area contributed by atoms with Gasteiger partial charge in [0.05, 0.1) is 6.10 Å². The summed E-state index contributed by atoms with van der Waals surface area (Å²) in [5.74, 6) is 0.189. The molecule has 4 unspecified atom stereocenters. The highest BCUT2D eigenvalue weighted by molar-refractivity contribution is 14.1. The third kappa shape index (κ3) is 2.68. The molecule has 0 heterocycles. The molecule has 0 radical (unpaired) electrons. The Morgan fingerprint density at radius 2 is 1.50 bits per heavy atom. The monoisotopic (exact) mass is 344 g/mol. The molecule has 2 fully saturated rings. The highest BCUT2D eigenvalue weighted by Gasteiger charge is 2.43. The van der Waals surface area contributed by atoms with Gasteiger partial charge in [-0.1, -0.05) is 22.6 Å². The largest absolute Gasteiger partial charge is 0.390 e. The van der Waals surface area contributed by atoms with Crippen molar-refractivity contribution in [3.05, 3.63) is 0 Å². The summed E-state index contributed by atoms with van der Waals surface area (Å²) in [5, 5.41) is 9.29. The summed E-state index contributed by atoms with van der Waals surface area (Å²) in [4.78, 5) is 0. The minimum absolute atomic E-state index is 0.151. The van der Waals surface area contributed by atoms with Crippen LogP contribution in [0.5, 0.6) is 0 Å². The molecule has 0 spiro atoms. The van der Waals surface area contributed by atoms with Gasteiger partial charge in [0.15, 0.2) is 6.17 Å². The lowest BCUT2D eigenvalue weighted by Crippen LogP contribution is -2.44. The summed E-state index contributed by atoms with van der Waals surface area (Å²) >= 11 is 2.44. The summed E-state index contributed by atoms with van der Waals surface area (Å²) in [5.41, 5.74) is 0. The second-order valence-electron chi connectivity index (χ2n) is 5.21. The van der Waals surface area contributed by atoms with E-state index in [1.807, 2.05) is 0 Å². The summed E-state index contributed by atoms with van der Waals surface area (Å²) in [7, 11) is 0. The SMILES string of the molecule is OC1CCC(C2CCC(I)CC2)C(F)C1F. The van der Waals surface area contributed by atoms with Crippen molar-refractivity contribution in [3.8, 4) is 0 Å². The zero-order valence-corrected chi connectivity index (χ0v) is 11.4. The zero-order valence-electron chi connectivity index (χ0n) is 9.29. The van der Waals surface area contributed by atoms with E-state index in [2.05, 4.69) is 22.6 Å². The molecule has 4 atom stereocenters. The molecule has 0 aromatic rings. The molecule has 0 aliphatic heterocycles. The molecule has 2 aliphatic rings. The Morgan fingerprint density at radius 3 is 2.12 bits per heavy atom. The predicted molar refractivity (Wildman–Crippen MR) is 68.3 cm³/mol. The van der Waals surface area contributed by atoms with Crippen LogP contribution in [-0.2, 0) is 0 Å². The summed E-state index contributed by atoms with van der Waals surface area (Å²) in [6, 6.07) is 0. The standard InChI is InChI=1S/C12H19F2IO/c13-11-9(5-6-10(16)12(11)14)7-1-3-8(15)4-2-7/h7-12,16H,1-6H2. The fourth-order valence-electron chi connectivity index (χ4n) is 3.13. The van der Waals surface area contributed by atoms with E-state index in [1.165, 1.54) is 0 Å². The van der Waals surface area contributed by atoms with Crippen LogP contribution in [0.4, 0.5) is 8.78 Å². The minimum atomic E-state index is -1.66. The molecule has 16 heavy (non-hydrogen) atoms. The van der Waals surface area contributed by atoms with Gasteiger partial charge >= 0.3 is 0 Å². The molecule has 1 N–H and O–H groups in total. The van der Waals surface area contributed by atoms with E-state index in [0.717, 1.165) is 25.7 Å². The predicted octanol–water partition coefficient (Wildman–Crippen LogP) is 3.43. The molecule has 0 bridgehead atoms. The topological polar surface area (TPSA) is 20.2 Å². The molecular weight excluding hydrogens is 325 g/mol. The van der Waals surface area contributed by atoms with Crippen molar-refractivity contribution in [1.82, 2.24) is 0 Å². The molecule has 4 heteroatoms. The van der Waals surface area contributed by atoms with E-state index >= 15 is 0 Å². The van der Waals surface area contributed by atoms with E-state index in [-0.39, 0.29) is 5.92 Å². The number of hydrogen-bond donors (Lipinski definition) is 1. The van der Waals surface area contributed by atoms with Crippen LogP contribution in [-0.4, -0.2) is 27.5 Å². The molecular formula is C12H19F2IO. The third-order valence-electron chi connectivity index (χ3n) is 4.18.